The van der Waals surface area contributed by atoms with Crippen LogP contribution in [-0.4, -0.2) is 9.13 Å². The van der Waals surface area contributed by atoms with E-state index in [-0.39, 0.29) is 0 Å². The first kappa shape index (κ1) is 29.4. The van der Waals surface area contributed by atoms with E-state index in [0.29, 0.717) is 0 Å². The summed E-state index contributed by atoms with van der Waals surface area (Å²) in [5, 5.41) is 7.55. The third kappa shape index (κ3) is 4.11. The monoisotopic (exact) mass is 684 g/mol. The Morgan fingerprint density at radius 3 is 1.67 bits per heavy atom. The van der Waals surface area contributed by atoms with Crippen molar-refractivity contribution in [3.05, 3.63) is 194 Å². The van der Waals surface area contributed by atoms with E-state index in [0.717, 1.165) is 0 Å². The molecule has 0 unspecified atom stereocenters. The zero-order chi connectivity index (χ0) is 35.3. The molecule has 2 nitrogen and oxygen atoms in total. The molecule has 1 aliphatic rings. The predicted octanol–water partition coefficient (Wildman–Crippen LogP) is 14.0. The van der Waals surface area contributed by atoms with Crippen LogP contribution in [0.5, 0.6) is 0 Å². The van der Waals surface area contributed by atoms with Gasteiger partial charge in [-0.25, -0.2) is 0 Å². The lowest BCUT2D eigenvalue weighted by Gasteiger charge is -2.14. The zero-order valence-corrected chi connectivity index (χ0v) is 29.4. The quantitative estimate of drug-likeness (QED) is 0.175. The SMILES string of the molecule is c1ccc(-c2cc(-n3c4ccccc4c4cc(-c5ccc6c(c5)c5cccc7c5n6-c5ccccc5-c5ccccc5-7)ccc43)cc3ccccc23)cc1. The topological polar surface area (TPSA) is 9.86 Å². The Bertz CT molecular complexity index is 3320. The predicted molar refractivity (Wildman–Crippen MR) is 228 cm³/mol. The maximum atomic E-state index is 2.49. The average Bonchev–Trinajstić information content (AvgIpc) is 3.71. The van der Waals surface area contributed by atoms with Gasteiger partial charge in [0.25, 0.3) is 0 Å². The van der Waals surface area contributed by atoms with Crippen molar-refractivity contribution in [2.45, 2.75) is 0 Å². The molecule has 0 fully saturated rings. The Morgan fingerprint density at radius 1 is 0.278 bits per heavy atom. The van der Waals surface area contributed by atoms with E-state index in [1.54, 1.807) is 0 Å². The number of nitrogens with zero attached hydrogens (tertiary/aromatic N) is 2. The smallest absolute Gasteiger partial charge is 0.0619 e. The molecule has 0 saturated carbocycles. The molecule has 11 aromatic rings. The molecule has 0 N–H and O–H groups in total. The van der Waals surface area contributed by atoms with E-state index in [2.05, 4.69) is 203 Å². The first-order chi connectivity index (χ1) is 26.8. The lowest BCUT2D eigenvalue weighted by molar-refractivity contribution is 1.19. The third-order valence-corrected chi connectivity index (χ3v) is 11.6. The lowest BCUT2D eigenvalue weighted by Crippen LogP contribution is -1.96. The Kier molecular flexibility index (Phi) is 6.09. The Morgan fingerprint density at radius 2 is 0.852 bits per heavy atom. The Labute approximate surface area is 312 Å². The van der Waals surface area contributed by atoms with Gasteiger partial charge in [0.1, 0.15) is 0 Å². The van der Waals surface area contributed by atoms with Gasteiger partial charge in [-0.2, -0.15) is 0 Å². The van der Waals surface area contributed by atoms with E-state index in [1.807, 2.05) is 0 Å². The number of aromatic nitrogens is 2. The molecule has 12 rings (SSSR count). The van der Waals surface area contributed by atoms with Gasteiger partial charge in [-0.1, -0.05) is 146 Å². The standard InChI is InChI=1S/C52H32N2/c1-2-13-33(14-3-1)45-32-37(29-36-15-4-5-16-38(36)45)53-48-23-10-9-20-42(48)46-30-34(25-27-50(46)53)35-26-28-51-47(31-35)44-22-12-21-43-40-18-7-6-17-39(40)41-19-8-11-24-49(41)54(51)52(43)44/h1-32H. The van der Waals surface area contributed by atoms with Crippen molar-refractivity contribution < 1.29 is 0 Å². The lowest BCUT2D eigenvalue weighted by atomic mass is 9.93. The van der Waals surface area contributed by atoms with E-state index in [9.17, 15) is 0 Å². The van der Waals surface area contributed by atoms with Crippen LogP contribution in [0.4, 0.5) is 0 Å². The van der Waals surface area contributed by atoms with Crippen molar-refractivity contribution in [3.8, 4) is 55.9 Å². The van der Waals surface area contributed by atoms with Gasteiger partial charge in [0.2, 0.25) is 0 Å². The van der Waals surface area contributed by atoms with Crippen LogP contribution in [0, 0.1) is 0 Å². The van der Waals surface area contributed by atoms with Crippen LogP contribution >= 0.6 is 0 Å². The molecule has 0 atom stereocenters. The first-order valence-electron chi connectivity index (χ1n) is 18.7. The van der Waals surface area contributed by atoms with Crippen molar-refractivity contribution in [1.82, 2.24) is 9.13 Å². The number of para-hydroxylation sites is 3. The van der Waals surface area contributed by atoms with Crippen molar-refractivity contribution in [2.75, 3.05) is 0 Å². The van der Waals surface area contributed by atoms with E-state index >= 15 is 0 Å². The summed E-state index contributed by atoms with van der Waals surface area (Å²) >= 11 is 0. The second kappa shape index (κ2) is 11.2. The number of hydrogen-bond donors (Lipinski definition) is 0. The first-order valence-corrected chi connectivity index (χ1v) is 18.7. The van der Waals surface area contributed by atoms with Crippen LogP contribution in [0.3, 0.4) is 0 Å². The van der Waals surface area contributed by atoms with Gasteiger partial charge >= 0.3 is 0 Å². The van der Waals surface area contributed by atoms with Crippen LogP contribution in [0.25, 0.3) is 110 Å². The molecule has 0 saturated heterocycles. The van der Waals surface area contributed by atoms with Gasteiger partial charge < -0.3 is 9.13 Å². The van der Waals surface area contributed by atoms with Crippen LogP contribution in [0.1, 0.15) is 0 Å². The van der Waals surface area contributed by atoms with Crippen LogP contribution in [0.2, 0.25) is 0 Å². The van der Waals surface area contributed by atoms with Crippen molar-refractivity contribution in [1.29, 1.82) is 0 Å². The molecular weight excluding hydrogens is 653 g/mol. The van der Waals surface area contributed by atoms with Crippen molar-refractivity contribution >= 4 is 54.4 Å². The minimum Gasteiger partial charge on any atom is -0.309 e. The molecule has 0 aliphatic carbocycles. The van der Waals surface area contributed by atoms with Gasteiger partial charge in [0, 0.05) is 38.4 Å². The highest BCUT2D eigenvalue weighted by atomic mass is 15.0. The summed E-state index contributed by atoms with van der Waals surface area (Å²) in [6.07, 6.45) is 0. The molecule has 3 heterocycles. The molecule has 0 amide bonds. The Balaban J connectivity index is 1.07. The maximum absolute atomic E-state index is 2.49. The van der Waals surface area contributed by atoms with Gasteiger partial charge in [-0.15, -0.1) is 0 Å². The highest BCUT2D eigenvalue weighted by molar-refractivity contribution is 6.17. The average molecular weight is 685 g/mol. The minimum absolute atomic E-state index is 1.17. The van der Waals surface area contributed by atoms with Crippen LogP contribution in [0.15, 0.2) is 194 Å². The summed E-state index contributed by atoms with van der Waals surface area (Å²) in [7, 11) is 0. The van der Waals surface area contributed by atoms with Gasteiger partial charge in [0.05, 0.1) is 27.8 Å². The largest absolute Gasteiger partial charge is 0.309 e. The zero-order valence-electron chi connectivity index (χ0n) is 29.4. The van der Waals surface area contributed by atoms with Crippen molar-refractivity contribution in [2.24, 2.45) is 0 Å². The summed E-state index contributed by atoms with van der Waals surface area (Å²) in [5.41, 5.74) is 17.3. The van der Waals surface area contributed by atoms with E-state index in [1.165, 1.54) is 110 Å². The Hall–Kier alpha value is -7.16. The second-order valence-electron chi connectivity index (χ2n) is 14.5. The second-order valence-corrected chi connectivity index (χ2v) is 14.5. The molecular formula is C52H32N2. The number of hydrogen-bond acceptors (Lipinski definition) is 0. The van der Waals surface area contributed by atoms with Crippen LogP contribution < -0.4 is 0 Å². The summed E-state index contributed by atoms with van der Waals surface area (Å²) < 4.78 is 4.93. The minimum atomic E-state index is 1.17. The third-order valence-electron chi connectivity index (χ3n) is 11.6. The van der Waals surface area contributed by atoms with Crippen molar-refractivity contribution in [3.63, 3.8) is 0 Å². The fourth-order valence-corrected chi connectivity index (χ4v) is 9.28. The molecule has 250 valence electrons. The molecule has 9 aromatic carbocycles. The number of fused-ring (bicyclic) bond motifs is 12. The highest BCUT2D eigenvalue weighted by Gasteiger charge is 2.24. The molecule has 0 spiro atoms. The van der Waals surface area contributed by atoms with Gasteiger partial charge in [0.15, 0.2) is 0 Å². The molecule has 1 aliphatic heterocycles. The van der Waals surface area contributed by atoms with E-state index < -0.39 is 0 Å². The van der Waals surface area contributed by atoms with Crippen LogP contribution in [-0.2, 0) is 0 Å². The highest BCUT2D eigenvalue weighted by Crippen LogP contribution is 2.47. The fraction of sp³-hybridized carbons (Fsp3) is 0. The summed E-state index contributed by atoms with van der Waals surface area (Å²) in [5.74, 6) is 0. The normalized spacial score (nSPS) is 12.1. The molecule has 0 radical (unpaired) electrons. The van der Waals surface area contributed by atoms with Gasteiger partial charge in [-0.3, -0.25) is 0 Å². The fourth-order valence-electron chi connectivity index (χ4n) is 9.28. The molecule has 0 bridgehead atoms. The van der Waals surface area contributed by atoms with Gasteiger partial charge in [-0.05, 0) is 92.7 Å². The maximum Gasteiger partial charge on any atom is 0.0619 e. The van der Waals surface area contributed by atoms with E-state index in [4.69, 9.17) is 0 Å². The summed E-state index contributed by atoms with van der Waals surface area (Å²) in [6, 6.07) is 71.6. The summed E-state index contributed by atoms with van der Waals surface area (Å²) in [4.78, 5) is 0. The summed E-state index contributed by atoms with van der Waals surface area (Å²) in [6.45, 7) is 0. The number of benzene rings is 9. The molecule has 54 heavy (non-hydrogen) atoms. The molecule has 2 heteroatoms. The number of rotatable bonds is 3. The molecule has 2 aromatic heterocycles.